The Hall–Kier alpha value is -0.980. The molecule has 0 aliphatic carbocycles. The molecule has 8 heteroatoms. The Kier molecular flexibility index (Phi) is 3.56. The molecular formula is C6H9F3N4O. The van der Waals surface area contributed by atoms with E-state index in [1.165, 1.54) is 0 Å². The number of nitrogens with one attached hydrogen (secondary N) is 1. The Bertz CT molecular complexity index is 238. The zero-order valence-electron chi connectivity index (χ0n) is 7.16. The number of alkyl halides is 3. The van der Waals surface area contributed by atoms with Crippen molar-refractivity contribution in [2.45, 2.75) is 24.9 Å². The van der Waals surface area contributed by atoms with E-state index in [0.29, 0.717) is 0 Å². The highest BCUT2D eigenvalue weighted by Crippen LogP contribution is 2.22. The van der Waals surface area contributed by atoms with Crippen LogP contribution in [-0.4, -0.2) is 31.6 Å². The molecule has 0 aromatic heterocycles. The molecule has 1 aliphatic heterocycles. The summed E-state index contributed by atoms with van der Waals surface area (Å²) >= 11 is 0. The van der Waals surface area contributed by atoms with Crippen molar-refractivity contribution in [1.82, 2.24) is 5.32 Å². The summed E-state index contributed by atoms with van der Waals surface area (Å²) in [5, 5.41) is 6.04. The smallest absolute Gasteiger partial charge is 0.311 e. The van der Waals surface area contributed by atoms with Crippen LogP contribution in [0.2, 0.25) is 0 Å². The van der Waals surface area contributed by atoms with Crippen molar-refractivity contribution in [3.05, 3.63) is 10.4 Å². The molecule has 1 rings (SSSR count). The number of ether oxygens (including phenoxy) is 1. The minimum atomic E-state index is -4.60. The summed E-state index contributed by atoms with van der Waals surface area (Å²) in [5.41, 5.74) is 8.00. The molecule has 2 atom stereocenters. The summed E-state index contributed by atoms with van der Waals surface area (Å²) in [5.74, 6) is 0. The molecule has 1 heterocycles. The molecule has 14 heavy (non-hydrogen) atoms. The van der Waals surface area contributed by atoms with Crippen molar-refractivity contribution in [1.29, 1.82) is 0 Å². The predicted octanol–water partition coefficient (Wildman–Crippen LogP) is 1.56. The lowest BCUT2D eigenvalue weighted by Gasteiger charge is -2.12. The quantitative estimate of drug-likeness (QED) is 0.436. The first-order valence-electron chi connectivity index (χ1n) is 4.00. The van der Waals surface area contributed by atoms with Crippen molar-refractivity contribution in [3.8, 4) is 0 Å². The first-order valence-corrected chi connectivity index (χ1v) is 4.00. The Morgan fingerprint density at radius 2 is 2.29 bits per heavy atom. The monoisotopic (exact) mass is 210 g/mol. The van der Waals surface area contributed by atoms with Gasteiger partial charge in [-0.3, -0.25) is 4.74 Å². The third-order valence-electron chi connectivity index (χ3n) is 1.85. The highest BCUT2D eigenvalue weighted by Gasteiger charge is 2.36. The van der Waals surface area contributed by atoms with Gasteiger partial charge < -0.3 is 5.32 Å². The molecule has 1 N–H and O–H groups in total. The molecule has 0 aromatic rings. The maximum atomic E-state index is 11.8. The average Bonchev–Trinajstić information content (AvgIpc) is 2.46. The van der Waals surface area contributed by atoms with Gasteiger partial charge in [0, 0.05) is 24.0 Å². The highest BCUT2D eigenvalue weighted by molar-refractivity contribution is 4.84. The molecule has 1 saturated heterocycles. The molecule has 0 spiro atoms. The van der Waals surface area contributed by atoms with E-state index in [0.717, 1.165) is 0 Å². The lowest BCUT2D eigenvalue weighted by atomic mass is 10.2. The van der Waals surface area contributed by atoms with Crippen LogP contribution in [0.1, 0.15) is 6.42 Å². The van der Waals surface area contributed by atoms with Crippen LogP contribution in [-0.2, 0) is 4.74 Å². The molecule has 0 saturated carbocycles. The summed E-state index contributed by atoms with van der Waals surface area (Å²) in [6, 6.07) is -0.224. The fraction of sp³-hybridized carbons (Fsp3) is 1.00. The van der Waals surface area contributed by atoms with Crippen LogP contribution < -0.4 is 5.32 Å². The Labute approximate surface area is 77.9 Å². The first-order chi connectivity index (χ1) is 6.51. The summed E-state index contributed by atoms with van der Waals surface area (Å²) in [4.78, 5) is 2.52. The minimum Gasteiger partial charge on any atom is -0.311 e. The Morgan fingerprint density at radius 1 is 1.57 bits per heavy atom. The number of hydrogen-bond acceptors (Lipinski definition) is 3. The molecule has 0 amide bonds. The SMILES string of the molecule is [N-]=[N+]=NC[C@@H]1C[C@@H](OC(F)(F)F)CN1. The van der Waals surface area contributed by atoms with Gasteiger partial charge in [-0.2, -0.15) is 0 Å². The first kappa shape index (κ1) is 11.1. The van der Waals surface area contributed by atoms with Gasteiger partial charge in [0.25, 0.3) is 0 Å². The fourth-order valence-corrected chi connectivity index (χ4v) is 1.34. The van der Waals surface area contributed by atoms with Crippen LogP contribution >= 0.6 is 0 Å². The average molecular weight is 210 g/mol. The van der Waals surface area contributed by atoms with Gasteiger partial charge in [-0.05, 0) is 12.0 Å². The maximum Gasteiger partial charge on any atom is 0.522 e. The zero-order chi connectivity index (χ0) is 10.6. The second kappa shape index (κ2) is 4.50. The van der Waals surface area contributed by atoms with E-state index in [2.05, 4.69) is 20.1 Å². The number of halogens is 3. The zero-order valence-corrected chi connectivity index (χ0v) is 7.16. The van der Waals surface area contributed by atoms with Crippen LogP contribution in [0.5, 0.6) is 0 Å². The standard InChI is InChI=1S/C6H9F3N4O/c7-6(8,9)14-5-1-4(11-3-5)2-12-13-10/h4-5,11H,1-3H2/t4-,5+/m0/s1. The summed E-state index contributed by atoms with van der Waals surface area (Å²) < 4.78 is 39.1. The van der Waals surface area contributed by atoms with Crippen molar-refractivity contribution >= 4 is 0 Å². The topological polar surface area (TPSA) is 70.0 Å². The molecule has 1 fully saturated rings. The second-order valence-corrected chi connectivity index (χ2v) is 2.94. The fourth-order valence-electron chi connectivity index (χ4n) is 1.34. The third kappa shape index (κ3) is 3.82. The van der Waals surface area contributed by atoms with Crippen LogP contribution in [0, 0.1) is 0 Å². The van der Waals surface area contributed by atoms with Crippen LogP contribution in [0.3, 0.4) is 0 Å². The largest absolute Gasteiger partial charge is 0.522 e. The normalized spacial score (nSPS) is 27.4. The second-order valence-electron chi connectivity index (χ2n) is 2.94. The van der Waals surface area contributed by atoms with E-state index >= 15 is 0 Å². The van der Waals surface area contributed by atoms with Gasteiger partial charge in [0.2, 0.25) is 0 Å². The molecule has 0 bridgehead atoms. The number of rotatable bonds is 3. The van der Waals surface area contributed by atoms with Crippen LogP contribution in [0.4, 0.5) is 13.2 Å². The van der Waals surface area contributed by atoms with E-state index < -0.39 is 12.5 Å². The summed E-state index contributed by atoms with van der Waals surface area (Å²) in [6.07, 6.45) is -5.27. The van der Waals surface area contributed by atoms with E-state index in [4.69, 9.17) is 5.53 Å². The summed E-state index contributed by atoms with van der Waals surface area (Å²) in [7, 11) is 0. The Balaban J connectivity index is 2.30. The van der Waals surface area contributed by atoms with E-state index in [9.17, 15) is 13.2 Å². The molecule has 0 aromatic carbocycles. The predicted molar refractivity (Wildman–Crippen MR) is 41.3 cm³/mol. The van der Waals surface area contributed by atoms with Gasteiger partial charge in [-0.25, -0.2) is 0 Å². The molecule has 1 aliphatic rings. The van der Waals surface area contributed by atoms with Gasteiger partial charge in [0.1, 0.15) is 0 Å². The molecule has 0 radical (unpaired) electrons. The van der Waals surface area contributed by atoms with Gasteiger partial charge in [0.05, 0.1) is 6.10 Å². The molecule has 5 nitrogen and oxygen atoms in total. The lowest BCUT2D eigenvalue weighted by molar-refractivity contribution is -0.340. The van der Waals surface area contributed by atoms with E-state index in [1.807, 2.05) is 0 Å². The van der Waals surface area contributed by atoms with Crippen molar-refractivity contribution in [3.63, 3.8) is 0 Å². The van der Waals surface area contributed by atoms with Gasteiger partial charge in [-0.15, -0.1) is 13.2 Å². The molecule has 0 unspecified atom stereocenters. The number of nitrogens with zero attached hydrogens (tertiary/aromatic N) is 3. The van der Waals surface area contributed by atoms with Gasteiger partial charge >= 0.3 is 6.36 Å². The van der Waals surface area contributed by atoms with Crippen LogP contribution in [0.25, 0.3) is 10.4 Å². The number of hydrogen-bond donors (Lipinski definition) is 1. The number of azide groups is 1. The summed E-state index contributed by atoms with van der Waals surface area (Å²) in [6.45, 7) is 0.277. The third-order valence-corrected chi connectivity index (χ3v) is 1.85. The Morgan fingerprint density at radius 3 is 2.86 bits per heavy atom. The van der Waals surface area contributed by atoms with Crippen LogP contribution in [0.15, 0.2) is 5.11 Å². The van der Waals surface area contributed by atoms with Crippen molar-refractivity contribution < 1.29 is 17.9 Å². The van der Waals surface area contributed by atoms with Crippen molar-refractivity contribution in [2.24, 2.45) is 5.11 Å². The highest BCUT2D eigenvalue weighted by atomic mass is 19.4. The van der Waals surface area contributed by atoms with E-state index in [1.54, 1.807) is 0 Å². The van der Waals surface area contributed by atoms with Gasteiger partial charge in [0.15, 0.2) is 0 Å². The maximum absolute atomic E-state index is 11.8. The lowest BCUT2D eigenvalue weighted by Crippen LogP contribution is -2.26. The minimum absolute atomic E-state index is 0.130. The van der Waals surface area contributed by atoms with Crippen molar-refractivity contribution in [2.75, 3.05) is 13.1 Å². The molecule has 80 valence electrons. The van der Waals surface area contributed by atoms with E-state index in [-0.39, 0.29) is 25.6 Å². The van der Waals surface area contributed by atoms with Gasteiger partial charge in [-0.1, -0.05) is 5.11 Å². The molecular weight excluding hydrogens is 201 g/mol.